The maximum atomic E-state index is 13.1. The van der Waals surface area contributed by atoms with Gasteiger partial charge in [0.25, 0.3) is 0 Å². The fourth-order valence-corrected chi connectivity index (χ4v) is 6.50. The predicted molar refractivity (Wildman–Crippen MR) is 121 cm³/mol. The molecule has 4 rings (SSSR count). The van der Waals surface area contributed by atoms with Crippen LogP contribution in [-0.2, 0) is 14.8 Å². The zero-order chi connectivity index (χ0) is 22.4. The molecule has 6 nitrogen and oxygen atoms in total. The summed E-state index contributed by atoms with van der Waals surface area (Å²) in [5.41, 5.74) is 0.479. The van der Waals surface area contributed by atoms with Gasteiger partial charge in [-0.1, -0.05) is 53.5 Å². The molecule has 2 saturated heterocycles. The third-order valence-electron chi connectivity index (χ3n) is 6.30. The molecule has 2 heterocycles. The Morgan fingerprint density at radius 2 is 1.71 bits per heavy atom. The molecule has 31 heavy (non-hydrogen) atoms. The molecular formula is C22H25Cl2N3O3S. The number of carbonyl (C=O) groups excluding carboxylic acids is 1. The van der Waals surface area contributed by atoms with Gasteiger partial charge in [-0.3, -0.25) is 10.1 Å². The fraction of sp³-hybridized carbons (Fsp3) is 0.409. The first-order valence-corrected chi connectivity index (χ1v) is 12.5. The lowest BCUT2D eigenvalue weighted by molar-refractivity contribution is -0.136. The molecule has 0 saturated carbocycles. The number of hydrogen-bond donors (Lipinski definition) is 1. The minimum absolute atomic E-state index is 0.0390. The Morgan fingerprint density at radius 1 is 1.06 bits per heavy atom. The molecule has 1 spiro atoms. The van der Waals surface area contributed by atoms with Crippen molar-refractivity contribution in [1.29, 1.82) is 0 Å². The second kappa shape index (κ2) is 8.37. The topological polar surface area (TPSA) is 69.7 Å². The molecule has 0 radical (unpaired) electrons. The summed E-state index contributed by atoms with van der Waals surface area (Å²) in [6.07, 6.45) is 1.00. The molecule has 2 aromatic carbocycles. The van der Waals surface area contributed by atoms with Gasteiger partial charge in [-0.05, 0) is 50.5 Å². The highest BCUT2D eigenvalue weighted by Gasteiger charge is 2.52. The summed E-state index contributed by atoms with van der Waals surface area (Å²) in [4.78, 5) is 15.1. The number of nitrogens with one attached hydrogen (secondary N) is 1. The quantitative estimate of drug-likeness (QED) is 0.714. The molecule has 0 aliphatic carbocycles. The van der Waals surface area contributed by atoms with Crippen LogP contribution in [0.15, 0.2) is 53.4 Å². The van der Waals surface area contributed by atoms with Crippen molar-refractivity contribution in [2.24, 2.45) is 0 Å². The molecule has 2 fully saturated rings. The van der Waals surface area contributed by atoms with E-state index in [4.69, 9.17) is 23.2 Å². The van der Waals surface area contributed by atoms with Crippen molar-refractivity contribution in [3.8, 4) is 0 Å². The monoisotopic (exact) mass is 481 g/mol. The van der Waals surface area contributed by atoms with Crippen LogP contribution in [0.2, 0.25) is 10.0 Å². The Labute approximate surface area is 193 Å². The van der Waals surface area contributed by atoms with E-state index in [-0.39, 0.29) is 27.9 Å². The maximum absolute atomic E-state index is 13.1. The fourth-order valence-electron chi connectivity index (χ4n) is 4.66. The lowest BCUT2D eigenvalue weighted by Crippen LogP contribution is -2.59. The number of carbonyl (C=O) groups is 1. The van der Waals surface area contributed by atoms with E-state index < -0.39 is 15.7 Å². The average molecular weight is 482 g/mol. The van der Waals surface area contributed by atoms with Crippen molar-refractivity contribution in [2.75, 3.05) is 13.1 Å². The molecule has 0 unspecified atom stereocenters. The van der Waals surface area contributed by atoms with Crippen LogP contribution in [0.25, 0.3) is 0 Å². The number of sulfonamides is 1. The number of benzene rings is 2. The zero-order valence-corrected chi connectivity index (χ0v) is 19.7. The van der Waals surface area contributed by atoms with Gasteiger partial charge >= 0.3 is 0 Å². The summed E-state index contributed by atoms with van der Waals surface area (Å²) in [6.45, 7) is 4.48. The lowest BCUT2D eigenvalue weighted by atomic mass is 9.94. The molecule has 1 amide bonds. The number of rotatable bonds is 4. The summed E-state index contributed by atoms with van der Waals surface area (Å²) in [5, 5.41) is 3.98. The molecule has 1 N–H and O–H groups in total. The van der Waals surface area contributed by atoms with E-state index >= 15 is 0 Å². The molecule has 0 aromatic heterocycles. The van der Waals surface area contributed by atoms with Crippen LogP contribution >= 0.6 is 23.2 Å². The summed E-state index contributed by atoms with van der Waals surface area (Å²) >= 11 is 12.0. The van der Waals surface area contributed by atoms with Crippen LogP contribution in [0.3, 0.4) is 0 Å². The van der Waals surface area contributed by atoms with Crippen molar-refractivity contribution >= 4 is 39.1 Å². The number of piperidine rings is 1. The third kappa shape index (κ3) is 3.98. The number of halogens is 2. The van der Waals surface area contributed by atoms with Crippen LogP contribution in [-0.4, -0.2) is 48.3 Å². The number of nitrogens with zero attached hydrogens (tertiary/aromatic N) is 2. The molecular weight excluding hydrogens is 457 g/mol. The van der Waals surface area contributed by atoms with E-state index in [1.807, 2.05) is 49.1 Å². The highest BCUT2D eigenvalue weighted by Crippen LogP contribution is 2.40. The molecule has 2 aromatic rings. The van der Waals surface area contributed by atoms with E-state index in [2.05, 4.69) is 5.32 Å². The zero-order valence-electron chi connectivity index (χ0n) is 17.4. The average Bonchev–Trinajstić information content (AvgIpc) is 2.99. The van der Waals surface area contributed by atoms with Crippen molar-refractivity contribution in [3.63, 3.8) is 0 Å². The van der Waals surface area contributed by atoms with E-state index in [0.717, 1.165) is 5.56 Å². The molecule has 2 aliphatic heterocycles. The summed E-state index contributed by atoms with van der Waals surface area (Å²) in [6, 6.07) is 13.8. The predicted octanol–water partition coefficient (Wildman–Crippen LogP) is 4.06. The van der Waals surface area contributed by atoms with Gasteiger partial charge in [-0.2, -0.15) is 4.31 Å². The highest BCUT2D eigenvalue weighted by molar-refractivity contribution is 7.89. The normalized spacial score (nSPS) is 22.8. The Balaban J connectivity index is 1.58. The van der Waals surface area contributed by atoms with Gasteiger partial charge in [0.2, 0.25) is 15.9 Å². The van der Waals surface area contributed by atoms with Gasteiger partial charge in [-0.25, -0.2) is 8.42 Å². The van der Waals surface area contributed by atoms with E-state index in [1.54, 1.807) is 0 Å². The SMILES string of the molecule is C[C@@H]1NC2(CCN(S(=O)(=O)c3ccc(Cl)c(Cl)c3)CC2)N([C@H](C)c2ccccc2)C1=O. The van der Waals surface area contributed by atoms with Gasteiger partial charge in [0.05, 0.1) is 32.7 Å². The first kappa shape index (κ1) is 22.6. The molecule has 0 bridgehead atoms. The number of amides is 1. The lowest BCUT2D eigenvalue weighted by Gasteiger charge is -2.46. The summed E-state index contributed by atoms with van der Waals surface area (Å²) in [7, 11) is -3.71. The Hall–Kier alpha value is -1.64. The van der Waals surface area contributed by atoms with Gasteiger partial charge in [0.1, 0.15) is 0 Å². The van der Waals surface area contributed by atoms with Gasteiger partial charge in [0.15, 0.2) is 0 Å². The Kier molecular flexibility index (Phi) is 6.09. The Bertz CT molecular complexity index is 1090. The summed E-state index contributed by atoms with van der Waals surface area (Å²) < 4.78 is 27.7. The van der Waals surface area contributed by atoms with Crippen LogP contribution in [0.4, 0.5) is 0 Å². The van der Waals surface area contributed by atoms with Gasteiger partial charge in [-0.15, -0.1) is 0 Å². The van der Waals surface area contributed by atoms with Crippen LogP contribution in [0.5, 0.6) is 0 Å². The minimum atomic E-state index is -3.71. The van der Waals surface area contributed by atoms with Crippen LogP contribution in [0.1, 0.15) is 38.3 Å². The smallest absolute Gasteiger partial charge is 0.243 e. The van der Waals surface area contributed by atoms with Crippen molar-refractivity contribution < 1.29 is 13.2 Å². The third-order valence-corrected chi connectivity index (χ3v) is 8.94. The first-order valence-electron chi connectivity index (χ1n) is 10.3. The number of hydrogen-bond acceptors (Lipinski definition) is 4. The van der Waals surface area contributed by atoms with Crippen molar-refractivity contribution in [3.05, 3.63) is 64.1 Å². The molecule has 2 atom stereocenters. The largest absolute Gasteiger partial charge is 0.316 e. The van der Waals surface area contributed by atoms with Crippen LogP contribution < -0.4 is 5.32 Å². The second-order valence-corrected chi connectivity index (χ2v) is 10.9. The molecule has 9 heteroatoms. The maximum Gasteiger partial charge on any atom is 0.243 e. The van der Waals surface area contributed by atoms with Crippen molar-refractivity contribution in [1.82, 2.24) is 14.5 Å². The Morgan fingerprint density at radius 3 is 2.32 bits per heavy atom. The molecule has 166 valence electrons. The van der Waals surface area contributed by atoms with Crippen molar-refractivity contribution in [2.45, 2.75) is 49.3 Å². The van der Waals surface area contributed by atoms with Crippen LogP contribution in [0, 0.1) is 0 Å². The minimum Gasteiger partial charge on any atom is -0.316 e. The van der Waals surface area contributed by atoms with E-state index in [1.165, 1.54) is 22.5 Å². The molecule has 2 aliphatic rings. The highest BCUT2D eigenvalue weighted by atomic mass is 35.5. The second-order valence-electron chi connectivity index (χ2n) is 8.17. The van der Waals surface area contributed by atoms with Gasteiger partial charge in [0, 0.05) is 13.1 Å². The first-order chi connectivity index (χ1) is 14.7. The van der Waals surface area contributed by atoms with Gasteiger partial charge < -0.3 is 4.90 Å². The van der Waals surface area contributed by atoms with E-state index in [9.17, 15) is 13.2 Å². The van der Waals surface area contributed by atoms with E-state index in [0.29, 0.717) is 31.0 Å². The standard InChI is InChI=1S/C22H25Cl2N3O3S/c1-15-21(28)27(16(2)17-6-4-3-5-7-17)22(25-15)10-12-26(13-11-22)31(29,30)18-8-9-19(23)20(24)14-18/h3-9,14-16,25H,10-13H2,1-2H3/t15-,16+/m0/s1. The summed E-state index contributed by atoms with van der Waals surface area (Å²) in [5.74, 6) is 0.0390.